The van der Waals surface area contributed by atoms with Crippen molar-refractivity contribution in [1.29, 1.82) is 0 Å². The highest BCUT2D eigenvalue weighted by Crippen LogP contribution is 2.34. The maximum Gasteiger partial charge on any atom is 0.196 e. The minimum absolute atomic E-state index is 0.0170. The van der Waals surface area contributed by atoms with Gasteiger partial charge < -0.3 is 5.32 Å². The molecule has 0 aliphatic carbocycles. The number of fused-ring (bicyclic) bond motifs is 4. The second-order valence-corrected chi connectivity index (χ2v) is 7.52. The Kier molecular flexibility index (Phi) is 4.32. The van der Waals surface area contributed by atoms with Crippen molar-refractivity contribution >= 4 is 59.8 Å². The first kappa shape index (κ1) is 16.3. The molecule has 0 aliphatic heterocycles. The number of hydrogen-bond donors (Lipinski definition) is 1. The summed E-state index contributed by atoms with van der Waals surface area (Å²) in [5.74, 6) is 0.793. The van der Waals surface area contributed by atoms with Crippen LogP contribution in [-0.4, -0.2) is 11.5 Å². The van der Waals surface area contributed by atoms with Gasteiger partial charge in [0.25, 0.3) is 0 Å². The van der Waals surface area contributed by atoms with Gasteiger partial charge in [0.2, 0.25) is 0 Å². The van der Waals surface area contributed by atoms with Gasteiger partial charge in [-0.2, -0.15) is 0 Å². The molecule has 1 N–H and O–H groups in total. The molecule has 5 heteroatoms. The van der Waals surface area contributed by atoms with Crippen LogP contribution in [0.25, 0.3) is 31.1 Å². The largest absolute Gasteiger partial charge is 0.369 e. The fourth-order valence-corrected chi connectivity index (χ4v) is 4.34. The van der Waals surface area contributed by atoms with E-state index < -0.39 is 0 Å². The van der Waals surface area contributed by atoms with Crippen LogP contribution in [0.15, 0.2) is 47.3 Å². The summed E-state index contributed by atoms with van der Waals surface area (Å²) >= 11 is 7.71. The molecule has 25 heavy (non-hydrogen) atoms. The van der Waals surface area contributed by atoms with Crippen LogP contribution in [-0.2, 0) is 0 Å². The van der Waals surface area contributed by atoms with E-state index in [4.69, 9.17) is 16.6 Å². The number of benzene rings is 2. The molecule has 0 radical (unpaired) electrons. The number of nitrogens with zero attached hydrogens (tertiary/aromatic N) is 1. The Morgan fingerprint density at radius 2 is 2.00 bits per heavy atom. The lowest BCUT2D eigenvalue weighted by Crippen LogP contribution is -2.07. The minimum atomic E-state index is 0.0170. The molecular formula is C20H17ClN2OS. The Bertz CT molecular complexity index is 1150. The van der Waals surface area contributed by atoms with E-state index in [-0.39, 0.29) is 5.43 Å². The van der Waals surface area contributed by atoms with Crippen LogP contribution in [0.1, 0.15) is 19.8 Å². The van der Waals surface area contributed by atoms with E-state index in [1.165, 1.54) is 0 Å². The molecule has 3 nitrogen and oxygen atoms in total. The highest BCUT2D eigenvalue weighted by atomic mass is 35.5. The topological polar surface area (TPSA) is 42.0 Å². The number of pyridine rings is 1. The molecule has 0 aliphatic rings. The lowest BCUT2D eigenvalue weighted by Gasteiger charge is -2.11. The predicted molar refractivity (Wildman–Crippen MR) is 109 cm³/mol. The van der Waals surface area contributed by atoms with Gasteiger partial charge in [-0.15, -0.1) is 11.3 Å². The lowest BCUT2D eigenvalue weighted by molar-refractivity contribution is 0.832. The van der Waals surface area contributed by atoms with Crippen LogP contribution in [0.3, 0.4) is 0 Å². The van der Waals surface area contributed by atoms with Gasteiger partial charge in [0.05, 0.1) is 15.6 Å². The van der Waals surface area contributed by atoms with Gasteiger partial charge in [0, 0.05) is 27.0 Å². The van der Waals surface area contributed by atoms with Crippen LogP contribution < -0.4 is 10.7 Å². The van der Waals surface area contributed by atoms with Crippen LogP contribution in [0.5, 0.6) is 0 Å². The number of para-hydroxylation sites is 1. The minimum Gasteiger partial charge on any atom is -0.369 e. The molecule has 0 atom stereocenters. The van der Waals surface area contributed by atoms with E-state index >= 15 is 0 Å². The number of hydrogen-bond acceptors (Lipinski definition) is 4. The van der Waals surface area contributed by atoms with Gasteiger partial charge >= 0.3 is 0 Å². The van der Waals surface area contributed by atoms with Crippen molar-refractivity contribution in [1.82, 2.24) is 4.98 Å². The van der Waals surface area contributed by atoms with Crippen molar-refractivity contribution in [3.05, 3.63) is 57.7 Å². The maximum absolute atomic E-state index is 13.2. The molecule has 0 fully saturated rings. The second kappa shape index (κ2) is 6.62. The van der Waals surface area contributed by atoms with Crippen molar-refractivity contribution in [3.8, 4) is 0 Å². The number of halogens is 1. The van der Waals surface area contributed by atoms with Gasteiger partial charge in [0.15, 0.2) is 5.43 Å². The monoisotopic (exact) mass is 368 g/mol. The van der Waals surface area contributed by atoms with Gasteiger partial charge in [0.1, 0.15) is 5.82 Å². The van der Waals surface area contributed by atoms with E-state index in [0.29, 0.717) is 10.4 Å². The van der Waals surface area contributed by atoms with Crippen molar-refractivity contribution < 1.29 is 0 Å². The Balaban J connectivity index is 2.12. The van der Waals surface area contributed by atoms with E-state index in [0.717, 1.165) is 50.9 Å². The first-order chi connectivity index (χ1) is 12.2. The third-order valence-electron chi connectivity index (χ3n) is 4.30. The van der Waals surface area contributed by atoms with E-state index in [1.807, 2.05) is 36.4 Å². The Labute approximate surface area is 154 Å². The quantitative estimate of drug-likeness (QED) is 0.280. The predicted octanol–water partition coefficient (Wildman–Crippen LogP) is 5.83. The summed E-state index contributed by atoms with van der Waals surface area (Å²) in [6.07, 6.45) is 2.17. The molecule has 126 valence electrons. The normalized spacial score (nSPS) is 11.4. The van der Waals surface area contributed by atoms with Crippen LogP contribution >= 0.6 is 22.9 Å². The summed E-state index contributed by atoms with van der Waals surface area (Å²) < 4.78 is 1.84. The highest BCUT2D eigenvalue weighted by Gasteiger charge is 2.14. The highest BCUT2D eigenvalue weighted by molar-refractivity contribution is 7.25. The average Bonchev–Trinajstić information content (AvgIpc) is 2.62. The number of aromatic nitrogens is 1. The zero-order chi connectivity index (χ0) is 17.4. The average molecular weight is 369 g/mol. The molecule has 2 aromatic carbocycles. The number of anilines is 1. The molecule has 0 unspecified atom stereocenters. The zero-order valence-corrected chi connectivity index (χ0v) is 15.4. The molecule has 0 saturated carbocycles. The third kappa shape index (κ3) is 2.86. The van der Waals surface area contributed by atoms with Crippen LogP contribution in [0.2, 0.25) is 5.02 Å². The third-order valence-corrected chi connectivity index (χ3v) is 5.71. The van der Waals surface area contributed by atoms with E-state index in [9.17, 15) is 4.79 Å². The summed E-state index contributed by atoms with van der Waals surface area (Å²) in [6.45, 7) is 3.00. The molecule has 4 rings (SSSR count). The molecule has 2 heterocycles. The number of unbranched alkanes of at least 4 members (excludes halogenated alkanes) is 1. The van der Waals surface area contributed by atoms with Crippen molar-refractivity contribution in [3.63, 3.8) is 0 Å². The summed E-state index contributed by atoms with van der Waals surface area (Å²) in [5, 5.41) is 6.28. The first-order valence-electron chi connectivity index (χ1n) is 8.37. The standard InChI is InChI=1S/C20H17ClN2OS/c1-2-3-10-22-20-19-17(13-6-4-5-7-15(13)23-20)18(24)14-11-12(21)8-9-16(14)25-19/h4-9,11H,2-3,10H2,1H3,(H,22,23). The van der Waals surface area contributed by atoms with Gasteiger partial charge in [-0.3, -0.25) is 4.79 Å². The summed E-state index contributed by atoms with van der Waals surface area (Å²) in [5.41, 5.74) is 0.850. The van der Waals surface area contributed by atoms with Crippen molar-refractivity contribution in [2.24, 2.45) is 0 Å². The van der Waals surface area contributed by atoms with E-state index in [2.05, 4.69) is 12.2 Å². The summed E-state index contributed by atoms with van der Waals surface area (Å²) in [6, 6.07) is 13.3. The molecular weight excluding hydrogens is 352 g/mol. The molecule has 0 amide bonds. The lowest BCUT2D eigenvalue weighted by atomic mass is 10.1. The second-order valence-electron chi connectivity index (χ2n) is 6.03. The van der Waals surface area contributed by atoms with Crippen molar-refractivity contribution in [2.45, 2.75) is 19.8 Å². The molecule has 4 aromatic rings. The molecule has 2 aromatic heterocycles. The fraction of sp³-hybridized carbons (Fsp3) is 0.200. The van der Waals surface area contributed by atoms with E-state index in [1.54, 1.807) is 17.4 Å². The van der Waals surface area contributed by atoms with Crippen LogP contribution in [0, 0.1) is 0 Å². The molecule has 0 spiro atoms. The first-order valence-corrected chi connectivity index (χ1v) is 9.57. The summed E-state index contributed by atoms with van der Waals surface area (Å²) in [4.78, 5) is 18.0. The number of rotatable bonds is 4. The fourth-order valence-electron chi connectivity index (χ4n) is 3.04. The molecule has 0 saturated heterocycles. The maximum atomic E-state index is 13.2. The Morgan fingerprint density at radius 3 is 2.84 bits per heavy atom. The van der Waals surface area contributed by atoms with Gasteiger partial charge in [-0.25, -0.2) is 4.98 Å². The van der Waals surface area contributed by atoms with Crippen molar-refractivity contribution in [2.75, 3.05) is 11.9 Å². The smallest absolute Gasteiger partial charge is 0.196 e. The molecule has 0 bridgehead atoms. The Hall–Kier alpha value is -2.17. The number of nitrogens with one attached hydrogen (secondary N) is 1. The SMILES string of the molecule is CCCCNc1nc2ccccc2c2c(=O)c3cc(Cl)ccc3sc12. The van der Waals surface area contributed by atoms with Gasteiger partial charge in [-0.05, 0) is 30.7 Å². The summed E-state index contributed by atoms with van der Waals surface area (Å²) in [7, 11) is 0. The zero-order valence-electron chi connectivity index (χ0n) is 13.8. The van der Waals surface area contributed by atoms with Gasteiger partial charge in [-0.1, -0.05) is 43.1 Å². The Morgan fingerprint density at radius 1 is 1.16 bits per heavy atom. The van der Waals surface area contributed by atoms with Crippen LogP contribution in [0.4, 0.5) is 5.82 Å².